The van der Waals surface area contributed by atoms with E-state index < -0.39 is 0 Å². The Hall–Kier alpha value is -2.07. The van der Waals surface area contributed by atoms with Crippen molar-refractivity contribution < 1.29 is 0 Å². The fourth-order valence-corrected chi connectivity index (χ4v) is 2.89. The SMILES string of the molecule is CNc1nc(Sc2nc(C)ns2)nc(-n2cccn2)n1. The van der Waals surface area contributed by atoms with Crippen LogP contribution in [0.25, 0.3) is 5.95 Å². The van der Waals surface area contributed by atoms with Crippen LogP contribution in [0.15, 0.2) is 28.0 Å². The minimum absolute atomic E-state index is 0.457. The number of nitrogens with zero attached hydrogens (tertiary/aromatic N) is 7. The zero-order valence-corrected chi connectivity index (χ0v) is 12.3. The fourth-order valence-electron chi connectivity index (χ4n) is 1.39. The van der Waals surface area contributed by atoms with Gasteiger partial charge in [-0.1, -0.05) is 0 Å². The third-order valence-corrected chi connectivity index (χ3v) is 3.93. The molecule has 0 bridgehead atoms. The average molecular weight is 306 g/mol. The molecule has 8 nitrogen and oxygen atoms in total. The molecule has 3 aromatic heterocycles. The van der Waals surface area contributed by atoms with E-state index in [1.165, 1.54) is 23.3 Å². The van der Waals surface area contributed by atoms with Gasteiger partial charge in [-0.3, -0.25) is 0 Å². The second-order valence-electron chi connectivity index (χ2n) is 3.65. The van der Waals surface area contributed by atoms with Crippen LogP contribution < -0.4 is 5.32 Å². The summed E-state index contributed by atoms with van der Waals surface area (Å²) in [4.78, 5) is 17.2. The van der Waals surface area contributed by atoms with Gasteiger partial charge in [-0.15, -0.1) is 0 Å². The van der Waals surface area contributed by atoms with E-state index >= 15 is 0 Å². The number of rotatable bonds is 4. The zero-order valence-electron chi connectivity index (χ0n) is 10.7. The standard InChI is InChI=1S/C10H10N8S2/c1-6-13-10(20-17-6)19-9-15-7(11-2)14-8(16-9)18-5-3-4-12-18/h3-5H,1-2H3,(H,11,14,15,16). The van der Waals surface area contributed by atoms with Crippen molar-refractivity contribution in [1.29, 1.82) is 0 Å². The quantitative estimate of drug-likeness (QED) is 0.773. The lowest BCUT2D eigenvalue weighted by molar-refractivity contribution is 0.762. The molecule has 0 aliphatic rings. The zero-order chi connectivity index (χ0) is 13.9. The van der Waals surface area contributed by atoms with E-state index in [1.54, 1.807) is 24.1 Å². The van der Waals surface area contributed by atoms with Gasteiger partial charge in [0.05, 0.1) is 0 Å². The summed E-state index contributed by atoms with van der Waals surface area (Å²) < 4.78 is 6.51. The Balaban J connectivity index is 1.96. The van der Waals surface area contributed by atoms with Gasteiger partial charge in [0.15, 0.2) is 4.34 Å². The highest BCUT2D eigenvalue weighted by Crippen LogP contribution is 2.26. The van der Waals surface area contributed by atoms with E-state index in [0.29, 0.717) is 17.1 Å². The van der Waals surface area contributed by atoms with E-state index in [-0.39, 0.29) is 0 Å². The van der Waals surface area contributed by atoms with Crippen molar-refractivity contribution in [3.8, 4) is 5.95 Å². The van der Waals surface area contributed by atoms with Gasteiger partial charge in [-0.25, -0.2) is 9.67 Å². The maximum absolute atomic E-state index is 4.37. The molecule has 3 heterocycles. The van der Waals surface area contributed by atoms with Gasteiger partial charge < -0.3 is 5.32 Å². The molecule has 0 saturated carbocycles. The lowest BCUT2D eigenvalue weighted by Crippen LogP contribution is -2.07. The molecule has 0 radical (unpaired) electrons. The first-order valence-electron chi connectivity index (χ1n) is 5.66. The molecule has 102 valence electrons. The van der Waals surface area contributed by atoms with Crippen molar-refractivity contribution >= 4 is 29.2 Å². The van der Waals surface area contributed by atoms with E-state index in [2.05, 4.69) is 34.7 Å². The molecule has 1 N–H and O–H groups in total. The van der Waals surface area contributed by atoms with Gasteiger partial charge in [0, 0.05) is 19.4 Å². The molecular weight excluding hydrogens is 296 g/mol. The van der Waals surface area contributed by atoms with E-state index in [4.69, 9.17) is 0 Å². The monoisotopic (exact) mass is 306 g/mol. The Morgan fingerprint density at radius 3 is 2.80 bits per heavy atom. The summed E-state index contributed by atoms with van der Waals surface area (Å²) >= 11 is 2.67. The van der Waals surface area contributed by atoms with Crippen LogP contribution in [0.3, 0.4) is 0 Å². The van der Waals surface area contributed by atoms with Crippen molar-refractivity contribution in [2.24, 2.45) is 0 Å². The summed E-state index contributed by atoms with van der Waals surface area (Å²) in [5, 5.41) is 7.57. The van der Waals surface area contributed by atoms with Gasteiger partial charge in [0.1, 0.15) is 5.82 Å². The Kier molecular flexibility index (Phi) is 3.56. The molecule has 0 atom stereocenters. The summed E-state index contributed by atoms with van der Waals surface area (Å²) in [5.74, 6) is 1.68. The molecule has 0 saturated heterocycles. The van der Waals surface area contributed by atoms with Gasteiger partial charge in [0.2, 0.25) is 11.1 Å². The molecule has 0 aliphatic heterocycles. The molecule has 3 rings (SSSR count). The summed E-state index contributed by atoms with van der Waals surface area (Å²) in [7, 11) is 1.76. The second-order valence-corrected chi connectivity index (χ2v) is 5.62. The predicted molar refractivity (Wildman–Crippen MR) is 75.3 cm³/mol. The Bertz CT molecular complexity index is 708. The Morgan fingerprint density at radius 1 is 1.25 bits per heavy atom. The van der Waals surface area contributed by atoms with E-state index in [9.17, 15) is 0 Å². The smallest absolute Gasteiger partial charge is 0.256 e. The molecule has 0 spiro atoms. The maximum Gasteiger partial charge on any atom is 0.256 e. The highest BCUT2D eigenvalue weighted by atomic mass is 32.2. The van der Waals surface area contributed by atoms with Gasteiger partial charge >= 0.3 is 0 Å². The van der Waals surface area contributed by atoms with Crippen LogP contribution in [0.2, 0.25) is 0 Å². The molecule has 3 aromatic rings. The van der Waals surface area contributed by atoms with Crippen LogP contribution in [0, 0.1) is 6.92 Å². The first kappa shape index (κ1) is 12.9. The van der Waals surface area contributed by atoms with Gasteiger partial charge in [-0.2, -0.15) is 24.4 Å². The second kappa shape index (κ2) is 5.51. The topological polar surface area (TPSA) is 94.3 Å². The number of nitrogens with one attached hydrogen (secondary N) is 1. The number of hydrogen-bond acceptors (Lipinski definition) is 9. The highest BCUT2D eigenvalue weighted by molar-refractivity contribution is 8.00. The summed E-state index contributed by atoms with van der Waals surface area (Å²) in [6.07, 6.45) is 3.45. The molecule has 0 amide bonds. The average Bonchev–Trinajstić information content (AvgIpc) is 3.10. The molecule has 0 aliphatic carbocycles. The third kappa shape index (κ3) is 2.75. The molecular formula is C10H10N8S2. The van der Waals surface area contributed by atoms with Crippen molar-refractivity contribution in [2.45, 2.75) is 16.4 Å². The summed E-state index contributed by atoms with van der Waals surface area (Å²) in [6.45, 7) is 1.85. The summed E-state index contributed by atoms with van der Waals surface area (Å²) in [5.41, 5.74) is 0. The molecule has 10 heteroatoms. The lowest BCUT2D eigenvalue weighted by Gasteiger charge is -2.04. The first-order chi connectivity index (χ1) is 9.74. The van der Waals surface area contributed by atoms with E-state index in [0.717, 1.165) is 10.2 Å². The molecule has 0 aromatic carbocycles. The van der Waals surface area contributed by atoms with Crippen LogP contribution in [0.4, 0.5) is 5.95 Å². The number of aryl methyl sites for hydroxylation is 1. The lowest BCUT2D eigenvalue weighted by atomic mass is 10.7. The van der Waals surface area contributed by atoms with Crippen LogP contribution >= 0.6 is 23.3 Å². The van der Waals surface area contributed by atoms with Crippen LogP contribution in [-0.2, 0) is 0 Å². The van der Waals surface area contributed by atoms with E-state index in [1.807, 2.05) is 13.0 Å². The molecule has 20 heavy (non-hydrogen) atoms. The van der Waals surface area contributed by atoms with Gasteiger partial charge in [-0.05, 0) is 36.3 Å². The van der Waals surface area contributed by atoms with Crippen molar-refractivity contribution in [3.63, 3.8) is 0 Å². The Morgan fingerprint density at radius 2 is 2.15 bits per heavy atom. The highest BCUT2D eigenvalue weighted by Gasteiger charge is 2.11. The van der Waals surface area contributed by atoms with Crippen molar-refractivity contribution in [1.82, 2.24) is 34.1 Å². The first-order valence-corrected chi connectivity index (χ1v) is 7.25. The third-order valence-electron chi connectivity index (χ3n) is 2.22. The Labute approximate surface area is 122 Å². The normalized spacial score (nSPS) is 10.7. The predicted octanol–water partition coefficient (Wildman–Crippen LogP) is 1.41. The largest absolute Gasteiger partial charge is 0.357 e. The van der Waals surface area contributed by atoms with Crippen LogP contribution in [0.1, 0.15) is 5.82 Å². The van der Waals surface area contributed by atoms with Crippen LogP contribution in [0.5, 0.6) is 0 Å². The van der Waals surface area contributed by atoms with Crippen LogP contribution in [-0.4, -0.2) is 41.1 Å². The minimum Gasteiger partial charge on any atom is -0.357 e. The fraction of sp³-hybridized carbons (Fsp3) is 0.200. The number of anilines is 1. The molecule has 0 unspecified atom stereocenters. The maximum atomic E-state index is 4.37. The summed E-state index contributed by atoms with van der Waals surface area (Å²) in [6, 6.07) is 1.81. The number of aromatic nitrogens is 7. The van der Waals surface area contributed by atoms with Gasteiger partial charge in [0.25, 0.3) is 5.95 Å². The number of hydrogen-bond donors (Lipinski definition) is 1. The van der Waals surface area contributed by atoms with Crippen molar-refractivity contribution in [2.75, 3.05) is 12.4 Å². The molecule has 0 fully saturated rings. The van der Waals surface area contributed by atoms with Crippen molar-refractivity contribution in [3.05, 3.63) is 24.3 Å². The minimum atomic E-state index is 0.457.